The van der Waals surface area contributed by atoms with Crippen molar-refractivity contribution < 1.29 is 4.74 Å². The lowest BCUT2D eigenvalue weighted by Crippen LogP contribution is -2.02. The minimum Gasteiger partial charge on any atom is -0.484 e. The number of para-hydroxylation sites is 1. The van der Waals surface area contributed by atoms with Crippen molar-refractivity contribution in [3.8, 4) is 5.75 Å². The Morgan fingerprint density at radius 1 is 1.17 bits per heavy atom. The van der Waals surface area contributed by atoms with E-state index in [1.165, 1.54) is 4.70 Å². The molecule has 2 nitrogen and oxygen atoms in total. The van der Waals surface area contributed by atoms with Gasteiger partial charge in [-0.15, -0.1) is 11.3 Å². The fraction of sp³-hybridized carbons (Fsp3) is 0.133. The predicted molar refractivity (Wildman–Crippen MR) is 73.9 cm³/mol. The van der Waals surface area contributed by atoms with E-state index in [0.717, 1.165) is 16.3 Å². The molecular weight excluding hydrogens is 242 g/mol. The van der Waals surface area contributed by atoms with Gasteiger partial charge in [-0.1, -0.05) is 24.3 Å². The van der Waals surface area contributed by atoms with Gasteiger partial charge < -0.3 is 4.74 Å². The van der Waals surface area contributed by atoms with Gasteiger partial charge in [0, 0.05) is 0 Å². The van der Waals surface area contributed by atoms with E-state index >= 15 is 0 Å². The van der Waals surface area contributed by atoms with Crippen molar-refractivity contribution in [2.75, 3.05) is 0 Å². The molecule has 3 rings (SSSR count). The third-order valence-corrected chi connectivity index (χ3v) is 3.86. The van der Waals surface area contributed by atoms with E-state index in [-0.39, 0.29) is 6.10 Å². The molecule has 2 aromatic carbocycles. The van der Waals surface area contributed by atoms with Crippen LogP contribution < -0.4 is 4.74 Å². The molecule has 3 heteroatoms. The van der Waals surface area contributed by atoms with Crippen LogP contribution in [0.4, 0.5) is 0 Å². The highest BCUT2D eigenvalue weighted by Crippen LogP contribution is 2.28. The van der Waals surface area contributed by atoms with Crippen molar-refractivity contribution in [2.45, 2.75) is 13.0 Å². The number of hydrogen-bond acceptors (Lipinski definition) is 3. The van der Waals surface area contributed by atoms with Crippen LogP contribution in [0.2, 0.25) is 0 Å². The van der Waals surface area contributed by atoms with Crippen LogP contribution in [0.3, 0.4) is 0 Å². The van der Waals surface area contributed by atoms with Crippen LogP contribution in [-0.4, -0.2) is 4.98 Å². The summed E-state index contributed by atoms with van der Waals surface area (Å²) in [5.41, 5.74) is 1.04. The van der Waals surface area contributed by atoms with Gasteiger partial charge in [0.1, 0.15) is 16.9 Å². The summed E-state index contributed by atoms with van der Waals surface area (Å²) in [6, 6.07) is 18.6. The minimum atomic E-state index is -0.0372. The van der Waals surface area contributed by atoms with E-state index in [1.54, 1.807) is 11.3 Å². The number of thiazole rings is 1. The Hall–Kier alpha value is -1.87. The van der Waals surface area contributed by atoms with E-state index in [2.05, 4.69) is 17.1 Å². The topological polar surface area (TPSA) is 22.1 Å². The highest BCUT2D eigenvalue weighted by Gasteiger charge is 2.12. The van der Waals surface area contributed by atoms with Crippen LogP contribution >= 0.6 is 11.3 Å². The number of nitrogens with zero attached hydrogens (tertiary/aromatic N) is 1. The molecule has 0 N–H and O–H groups in total. The Labute approximate surface area is 110 Å². The molecule has 0 saturated carbocycles. The molecule has 1 aromatic heterocycles. The van der Waals surface area contributed by atoms with Crippen LogP contribution in [0.15, 0.2) is 48.5 Å². The molecule has 1 heterocycles. The maximum atomic E-state index is 5.86. The van der Waals surface area contributed by atoms with Crippen molar-refractivity contribution in [1.82, 2.24) is 4.98 Å². The third-order valence-electron chi connectivity index (χ3n) is 2.66. The van der Waals surface area contributed by atoms with Crippen molar-refractivity contribution in [1.29, 1.82) is 0 Å². The molecule has 0 fully saturated rings. The lowest BCUT2D eigenvalue weighted by Gasteiger charge is -2.11. The van der Waals surface area contributed by atoms with Crippen LogP contribution in [0, 0.1) is 6.07 Å². The maximum absolute atomic E-state index is 5.86. The summed E-state index contributed by atoms with van der Waals surface area (Å²) in [4.78, 5) is 4.59. The predicted octanol–water partition coefficient (Wildman–Crippen LogP) is 4.24. The average molecular weight is 254 g/mol. The molecule has 89 valence electrons. The van der Waals surface area contributed by atoms with Crippen LogP contribution in [0.25, 0.3) is 10.2 Å². The number of benzene rings is 2. The third kappa shape index (κ3) is 2.22. The summed E-state index contributed by atoms with van der Waals surface area (Å²) >= 11 is 1.68. The first-order chi connectivity index (χ1) is 8.83. The van der Waals surface area contributed by atoms with Gasteiger partial charge in [-0.3, -0.25) is 0 Å². The zero-order valence-electron chi connectivity index (χ0n) is 9.96. The van der Waals surface area contributed by atoms with Gasteiger partial charge in [0.25, 0.3) is 0 Å². The molecule has 0 spiro atoms. The second kappa shape index (κ2) is 4.78. The zero-order valence-corrected chi connectivity index (χ0v) is 10.8. The van der Waals surface area contributed by atoms with Gasteiger partial charge >= 0.3 is 0 Å². The van der Waals surface area contributed by atoms with Crippen LogP contribution in [0.1, 0.15) is 18.0 Å². The number of rotatable bonds is 3. The Balaban J connectivity index is 1.86. The summed E-state index contributed by atoms with van der Waals surface area (Å²) in [5, 5.41) is 1.00. The SMILES string of the molecule is CC(Oc1cc[c]cc1)c1nc2ccccc2s1. The Kier molecular flexibility index (Phi) is 2.99. The molecule has 3 aromatic rings. The van der Waals surface area contributed by atoms with E-state index in [1.807, 2.05) is 49.4 Å². The van der Waals surface area contributed by atoms with E-state index in [9.17, 15) is 0 Å². The Bertz CT molecular complexity index is 615. The molecule has 0 aliphatic heterocycles. The molecule has 0 aliphatic carbocycles. The lowest BCUT2D eigenvalue weighted by molar-refractivity contribution is 0.226. The normalized spacial score (nSPS) is 12.5. The molecule has 1 radical (unpaired) electrons. The molecule has 1 unspecified atom stereocenters. The van der Waals surface area contributed by atoms with Crippen molar-refractivity contribution in [3.63, 3.8) is 0 Å². The highest BCUT2D eigenvalue weighted by atomic mass is 32.1. The van der Waals surface area contributed by atoms with Crippen LogP contribution in [-0.2, 0) is 0 Å². The summed E-state index contributed by atoms with van der Waals surface area (Å²) in [5.74, 6) is 0.848. The average Bonchev–Trinajstić information content (AvgIpc) is 2.84. The first kappa shape index (κ1) is 11.2. The number of aromatic nitrogens is 1. The Morgan fingerprint density at radius 3 is 2.72 bits per heavy atom. The fourth-order valence-corrected chi connectivity index (χ4v) is 2.72. The van der Waals surface area contributed by atoms with Crippen molar-refractivity contribution in [2.24, 2.45) is 0 Å². The number of ether oxygens (including phenoxy) is 1. The number of hydrogen-bond donors (Lipinski definition) is 0. The summed E-state index contributed by atoms with van der Waals surface area (Å²) in [6.07, 6.45) is -0.0372. The maximum Gasteiger partial charge on any atom is 0.147 e. The molecule has 18 heavy (non-hydrogen) atoms. The Morgan fingerprint density at radius 2 is 1.94 bits per heavy atom. The fourth-order valence-electron chi connectivity index (χ4n) is 1.77. The van der Waals surface area contributed by atoms with E-state index in [4.69, 9.17) is 4.74 Å². The summed E-state index contributed by atoms with van der Waals surface area (Å²) < 4.78 is 7.06. The highest BCUT2D eigenvalue weighted by molar-refractivity contribution is 7.18. The first-order valence-electron chi connectivity index (χ1n) is 5.81. The van der Waals surface area contributed by atoms with E-state index in [0.29, 0.717) is 0 Å². The second-order valence-corrected chi connectivity index (χ2v) is 5.08. The van der Waals surface area contributed by atoms with Crippen molar-refractivity contribution in [3.05, 3.63) is 59.6 Å². The van der Waals surface area contributed by atoms with Crippen LogP contribution in [0.5, 0.6) is 5.75 Å². The molecule has 1 atom stereocenters. The van der Waals surface area contributed by atoms with Gasteiger partial charge in [0.15, 0.2) is 0 Å². The second-order valence-electron chi connectivity index (χ2n) is 4.02. The smallest absolute Gasteiger partial charge is 0.147 e. The first-order valence-corrected chi connectivity index (χ1v) is 6.63. The standard InChI is InChI=1S/C15H12NOS/c1-11(17-12-7-3-2-4-8-12)15-16-13-9-5-6-10-14(13)18-15/h3-11H,1H3. The largest absolute Gasteiger partial charge is 0.484 e. The lowest BCUT2D eigenvalue weighted by atomic mass is 10.3. The van der Waals surface area contributed by atoms with Gasteiger partial charge in [0.2, 0.25) is 0 Å². The van der Waals surface area contributed by atoms with Gasteiger partial charge in [-0.2, -0.15) is 0 Å². The van der Waals surface area contributed by atoms with Gasteiger partial charge in [-0.25, -0.2) is 4.98 Å². The summed E-state index contributed by atoms with van der Waals surface area (Å²) in [6.45, 7) is 2.02. The monoisotopic (exact) mass is 254 g/mol. The van der Waals surface area contributed by atoms with E-state index < -0.39 is 0 Å². The minimum absolute atomic E-state index is 0.0372. The zero-order chi connectivity index (χ0) is 12.4. The molecule has 0 amide bonds. The molecule has 0 aliphatic rings. The molecular formula is C15H12NOS. The van der Waals surface area contributed by atoms with Crippen molar-refractivity contribution >= 4 is 21.6 Å². The molecule has 0 saturated heterocycles. The quantitative estimate of drug-likeness (QED) is 0.697. The van der Waals surface area contributed by atoms with Gasteiger partial charge in [0.05, 0.1) is 10.2 Å². The number of fused-ring (bicyclic) bond motifs is 1. The summed E-state index contributed by atoms with van der Waals surface area (Å²) in [7, 11) is 0. The molecule has 0 bridgehead atoms. The van der Waals surface area contributed by atoms with Gasteiger partial charge in [-0.05, 0) is 37.3 Å².